The topological polar surface area (TPSA) is 50.2 Å². The van der Waals surface area contributed by atoms with E-state index >= 15 is 0 Å². The maximum Gasteiger partial charge on any atom is 0.306 e. The normalized spacial score (nSPS) is 13.1. The van der Waals surface area contributed by atoms with Gasteiger partial charge in [0.05, 0.1) is 10.9 Å². The Morgan fingerprint density at radius 2 is 2.20 bits per heavy atom. The molecule has 15 heavy (non-hydrogen) atoms. The molecule has 0 radical (unpaired) electrons. The molecule has 0 bridgehead atoms. The Morgan fingerprint density at radius 3 is 2.67 bits per heavy atom. The number of rotatable bonds is 5. The minimum atomic E-state index is -0.719. The zero-order valence-corrected chi connectivity index (χ0v) is 10.2. The monoisotopic (exact) mass is 227 g/mol. The number of thiazole rings is 1. The molecule has 84 valence electrons. The Balaban J connectivity index is 2.47. The molecule has 1 atom stereocenters. The van der Waals surface area contributed by atoms with Crippen molar-refractivity contribution in [1.29, 1.82) is 0 Å². The van der Waals surface area contributed by atoms with Crippen LogP contribution in [0.4, 0.5) is 0 Å². The standard InChI is InChI=1S/C11H17NO2S/c1-7(2)10-12-6-9(15-10)5-4-8(3)11(13)14/h6-8H,4-5H2,1-3H3,(H,13,14). The van der Waals surface area contributed by atoms with E-state index in [0.717, 1.165) is 11.4 Å². The molecule has 3 nitrogen and oxygen atoms in total. The van der Waals surface area contributed by atoms with E-state index in [4.69, 9.17) is 5.11 Å². The van der Waals surface area contributed by atoms with Gasteiger partial charge in [-0.05, 0) is 12.8 Å². The van der Waals surface area contributed by atoms with Gasteiger partial charge in [-0.3, -0.25) is 4.79 Å². The van der Waals surface area contributed by atoms with Gasteiger partial charge in [0.2, 0.25) is 0 Å². The van der Waals surface area contributed by atoms with Gasteiger partial charge in [-0.15, -0.1) is 11.3 Å². The van der Waals surface area contributed by atoms with E-state index in [2.05, 4.69) is 18.8 Å². The van der Waals surface area contributed by atoms with E-state index in [1.54, 1.807) is 18.3 Å². The average Bonchev–Trinajstić information content (AvgIpc) is 2.62. The summed E-state index contributed by atoms with van der Waals surface area (Å²) in [5.41, 5.74) is 0. The van der Waals surface area contributed by atoms with E-state index in [0.29, 0.717) is 12.3 Å². The molecule has 0 aliphatic heterocycles. The number of aryl methyl sites for hydroxylation is 1. The largest absolute Gasteiger partial charge is 0.481 e. The van der Waals surface area contributed by atoms with Crippen molar-refractivity contribution >= 4 is 17.3 Å². The Labute approximate surface area is 94.2 Å². The highest BCUT2D eigenvalue weighted by Crippen LogP contribution is 2.22. The third-order valence-corrected chi connectivity index (χ3v) is 3.67. The van der Waals surface area contributed by atoms with Crippen LogP contribution < -0.4 is 0 Å². The summed E-state index contributed by atoms with van der Waals surface area (Å²) in [6.07, 6.45) is 3.38. The second-order valence-corrected chi connectivity index (χ2v) is 5.24. The lowest BCUT2D eigenvalue weighted by molar-refractivity contribution is -0.141. The summed E-state index contributed by atoms with van der Waals surface area (Å²) in [5.74, 6) is -0.529. The summed E-state index contributed by atoms with van der Waals surface area (Å²) < 4.78 is 0. The lowest BCUT2D eigenvalue weighted by Crippen LogP contribution is -2.09. The second kappa shape index (κ2) is 5.26. The van der Waals surface area contributed by atoms with Crippen molar-refractivity contribution in [1.82, 2.24) is 4.98 Å². The highest BCUT2D eigenvalue weighted by Gasteiger charge is 2.12. The summed E-state index contributed by atoms with van der Waals surface area (Å²) >= 11 is 1.69. The number of carboxylic acids is 1. The van der Waals surface area contributed by atoms with Gasteiger partial charge in [0, 0.05) is 17.0 Å². The number of nitrogens with zero attached hydrogens (tertiary/aromatic N) is 1. The third kappa shape index (κ3) is 3.63. The number of aromatic nitrogens is 1. The molecule has 0 aliphatic carbocycles. The molecule has 0 amide bonds. The first-order chi connectivity index (χ1) is 7.00. The van der Waals surface area contributed by atoms with E-state index < -0.39 is 5.97 Å². The molecule has 1 unspecified atom stereocenters. The van der Waals surface area contributed by atoms with E-state index in [1.807, 2.05) is 6.20 Å². The maximum absolute atomic E-state index is 10.6. The van der Waals surface area contributed by atoms with Crippen molar-refractivity contribution in [2.24, 2.45) is 5.92 Å². The molecule has 0 aromatic carbocycles. The SMILES string of the molecule is CC(CCc1cnc(C(C)C)s1)C(=O)O. The number of aliphatic carboxylic acids is 1. The van der Waals surface area contributed by atoms with Gasteiger partial charge in [-0.25, -0.2) is 4.98 Å². The molecule has 1 aromatic rings. The van der Waals surface area contributed by atoms with Crippen LogP contribution in [0.15, 0.2) is 6.20 Å². The molecular weight excluding hydrogens is 210 g/mol. The van der Waals surface area contributed by atoms with Gasteiger partial charge in [0.1, 0.15) is 0 Å². The first-order valence-electron chi connectivity index (χ1n) is 5.18. The zero-order chi connectivity index (χ0) is 11.4. The smallest absolute Gasteiger partial charge is 0.306 e. The molecular formula is C11H17NO2S. The quantitative estimate of drug-likeness (QED) is 0.841. The van der Waals surface area contributed by atoms with Gasteiger partial charge >= 0.3 is 5.97 Å². The lowest BCUT2D eigenvalue weighted by Gasteiger charge is -2.03. The molecule has 0 saturated carbocycles. The molecule has 4 heteroatoms. The Bertz CT molecular complexity index is 333. The summed E-state index contributed by atoms with van der Waals surface area (Å²) in [6, 6.07) is 0. The number of hydrogen-bond donors (Lipinski definition) is 1. The maximum atomic E-state index is 10.6. The van der Waals surface area contributed by atoms with E-state index in [-0.39, 0.29) is 5.92 Å². The van der Waals surface area contributed by atoms with Crippen molar-refractivity contribution < 1.29 is 9.90 Å². The molecule has 1 rings (SSSR count). The predicted octanol–water partition coefficient (Wildman–Crippen LogP) is 2.92. The average molecular weight is 227 g/mol. The van der Waals surface area contributed by atoms with Crippen LogP contribution in [-0.4, -0.2) is 16.1 Å². The predicted molar refractivity (Wildman–Crippen MR) is 61.3 cm³/mol. The minimum Gasteiger partial charge on any atom is -0.481 e. The number of hydrogen-bond acceptors (Lipinski definition) is 3. The van der Waals surface area contributed by atoms with E-state index in [9.17, 15) is 4.79 Å². The fraction of sp³-hybridized carbons (Fsp3) is 0.636. The van der Waals surface area contributed by atoms with Crippen molar-refractivity contribution in [3.63, 3.8) is 0 Å². The summed E-state index contributed by atoms with van der Waals surface area (Å²) in [5, 5.41) is 9.87. The first kappa shape index (κ1) is 12.2. The highest BCUT2D eigenvalue weighted by molar-refractivity contribution is 7.11. The van der Waals surface area contributed by atoms with Crippen LogP contribution in [0.3, 0.4) is 0 Å². The van der Waals surface area contributed by atoms with Gasteiger partial charge in [0.25, 0.3) is 0 Å². The fourth-order valence-electron chi connectivity index (χ4n) is 1.19. The van der Waals surface area contributed by atoms with E-state index in [1.165, 1.54) is 4.88 Å². The molecule has 0 saturated heterocycles. The van der Waals surface area contributed by atoms with Gasteiger partial charge in [0.15, 0.2) is 0 Å². The number of carbonyl (C=O) groups is 1. The van der Waals surface area contributed by atoms with Crippen LogP contribution in [0.25, 0.3) is 0 Å². The van der Waals surface area contributed by atoms with Crippen LogP contribution in [0, 0.1) is 5.92 Å². The first-order valence-corrected chi connectivity index (χ1v) is 5.99. The van der Waals surface area contributed by atoms with Crippen LogP contribution >= 0.6 is 11.3 Å². The molecule has 0 spiro atoms. The Kier molecular flexibility index (Phi) is 4.27. The molecule has 0 aliphatic rings. The Hall–Kier alpha value is -0.900. The van der Waals surface area contributed by atoms with Crippen LogP contribution in [0.2, 0.25) is 0 Å². The van der Waals surface area contributed by atoms with Gasteiger partial charge in [-0.1, -0.05) is 20.8 Å². The van der Waals surface area contributed by atoms with Crippen molar-refractivity contribution in [3.8, 4) is 0 Å². The van der Waals surface area contributed by atoms with Crippen LogP contribution in [-0.2, 0) is 11.2 Å². The summed E-state index contributed by atoms with van der Waals surface area (Å²) in [4.78, 5) is 16.1. The van der Waals surface area contributed by atoms with Crippen molar-refractivity contribution in [3.05, 3.63) is 16.1 Å². The molecule has 1 aromatic heterocycles. The minimum absolute atomic E-state index is 0.269. The summed E-state index contributed by atoms with van der Waals surface area (Å²) in [6.45, 7) is 5.97. The molecule has 1 N–H and O–H groups in total. The Morgan fingerprint density at radius 1 is 1.53 bits per heavy atom. The lowest BCUT2D eigenvalue weighted by atomic mass is 10.1. The van der Waals surface area contributed by atoms with Gasteiger partial charge in [-0.2, -0.15) is 0 Å². The highest BCUT2D eigenvalue weighted by atomic mass is 32.1. The zero-order valence-electron chi connectivity index (χ0n) is 9.36. The van der Waals surface area contributed by atoms with Crippen LogP contribution in [0.5, 0.6) is 0 Å². The fourth-order valence-corrected chi connectivity index (χ4v) is 2.12. The second-order valence-electron chi connectivity index (χ2n) is 4.10. The van der Waals surface area contributed by atoms with Gasteiger partial charge < -0.3 is 5.11 Å². The van der Waals surface area contributed by atoms with Crippen LogP contribution in [0.1, 0.15) is 43.0 Å². The van der Waals surface area contributed by atoms with Crippen molar-refractivity contribution in [2.45, 2.75) is 39.5 Å². The summed E-state index contributed by atoms with van der Waals surface area (Å²) in [7, 11) is 0. The number of carboxylic acid groups (broad SMARTS) is 1. The van der Waals surface area contributed by atoms with Crippen molar-refractivity contribution in [2.75, 3.05) is 0 Å². The molecule has 0 fully saturated rings. The molecule has 1 heterocycles. The third-order valence-electron chi connectivity index (χ3n) is 2.31.